The fourth-order valence-electron chi connectivity index (χ4n) is 0.652. The lowest BCUT2D eigenvalue weighted by atomic mass is 10.2. The molecule has 0 amide bonds. The van der Waals surface area contributed by atoms with Gasteiger partial charge in [0.25, 0.3) is 0 Å². The maximum absolute atomic E-state index is 10.2. The van der Waals surface area contributed by atoms with E-state index in [0.717, 1.165) is 11.8 Å². The van der Waals surface area contributed by atoms with Crippen LogP contribution < -0.4 is 0 Å². The molecule has 1 aromatic rings. The molecular weight excluding hydrogens is 126 g/mol. The molecule has 0 aliphatic carbocycles. The van der Waals surface area contributed by atoms with Gasteiger partial charge >= 0.3 is 0 Å². The van der Waals surface area contributed by atoms with Gasteiger partial charge in [0.1, 0.15) is 0 Å². The van der Waals surface area contributed by atoms with Crippen molar-refractivity contribution in [2.24, 2.45) is 0 Å². The van der Waals surface area contributed by atoms with E-state index in [1.54, 1.807) is 18.3 Å². The molecule has 1 aromatic heterocycles. The van der Waals surface area contributed by atoms with Crippen LogP contribution in [0.5, 0.6) is 0 Å². The number of hydrogen-bond acceptors (Lipinski definition) is 2. The highest BCUT2D eigenvalue weighted by molar-refractivity contribution is 5.75. The van der Waals surface area contributed by atoms with Crippen LogP contribution in [0.3, 0.4) is 0 Å². The molecular formula is C8H7NO. The van der Waals surface area contributed by atoms with Crippen LogP contribution in [0.1, 0.15) is 15.9 Å². The van der Waals surface area contributed by atoms with Crippen molar-refractivity contribution in [3.05, 3.63) is 36.2 Å². The Morgan fingerprint density at radius 1 is 1.40 bits per heavy atom. The highest BCUT2D eigenvalue weighted by Crippen LogP contribution is 2.00. The second-order valence-electron chi connectivity index (χ2n) is 1.87. The van der Waals surface area contributed by atoms with Crippen LogP contribution in [0.4, 0.5) is 0 Å². The number of nitrogens with zero attached hydrogens (tertiary/aromatic N) is 1. The summed E-state index contributed by atoms with van der Waals surface area (Å²) in [6.45, 7) is 3.55. The molecule has 0 fully saturated rings. The lowest BCUT2D eigenvalue weighted by Gasteiger charge is -1.90. The number of aldehydes is 1. The Kier molecular flexibility index (Phi) is 1.95. The maximum atomic E-state index is 10.2. The molecule has 0 spiro atoms. The lowest BCUT2D eigenvalue weighted by Crippen LogP contribution is -1.82. The monoisotopic (exact) mass is 133 g/mol. The first-order chi connectivity index (χ1) is 4.86. The molecule has 0 saturated carbocycles. The highest BCUT2D eigenvalue weighted by atomic mass is 16.1. The Bertz CT molecular complexity index is 232. The maximum Gasteiger partial charge on any atom is 0.151 e. The molecule has 10 heavy (non-hydrogen) atoms. The summed E-state index contributed by atoms with van der Waals surface area (Å²) in [6.07, 6.45) is 5.58. The van der Waals surface area contributed by atoms with E-state index in [1.807, 2.05) is 0 Å². The number of pyridine rings is 1. The third-order valence-electron chi connectivity index (χ3n) is 1.15. The molecule has 2 heteroatoms. The number of carbonyl (C=O) groups excluding carboxylic acids is 1. The van der Waals surface area contributed by atoms with Gasteiger partial charge in [-0.15, -0.1) is 0 Å². The normalized spacial score (nSPS) is 8.80. The zero-order chi connectivity index (χ0) is 7.40. The Morgan fingerprint density at radius 3 is 2.70 bits per heavy atom. The summed E-state index contributed by atoms with van der Waals surface area (Å²) >= 11 is 0. The zero-order valence-corrected chi connectivity index (χ0v) is 5.45. The molecule has 0 aliphatic rings. The predicted octanol–water partition coefficient (Wildman–Crippen LogP) is 1.54. The van der Waals surface area contributed by atoms with Gasteiger partial charge in [0.15, 0.2) is 6.29 Å². The van der Waals surface area contributed by atoms with Crippen molar-refractivity contribution in [3.63, 3.8) is 0 Å². The molecule has 0 atom stereocenters. The largest absolute Gasteiger partial charge is 0.298 e. The molecule has 1 rings (SSSR count). The van der Waals surface area contributed by atoms with E-state index in [1.165, 1.54) is 6.20 Å². The molecule has 0 aromatic carbocycles. The lowest BCUT2D eigenvalue weighted by molar-refractivity contribution is 0.112. The minimum absolute atomic E-state index is 0.581. The third-order valence-corrected chi connectivity index (χ3v) is 1.15. The van der Waals surface area contributed by atoms with Gasteiger partial charge in [-0.1, -0.05) is 12.7 Å². The van der Waals surface area contributed by atoms with Crippen LogP contribution in [0, 0.1) is 0 Å². The minimum Gasteiger partial charge on any atom is -0.298 e. The fraction of sp³-hybridized carbons (Fsp3) is 0. The van der Waals surface area contributed by atoms with E-state index in [2.05, 4.69) is 11.6 Å². The summed E-state index contributed by atoms with van der Waals surface area (Å²) in [5.41, 5.74) is 1.45. The summed E-state index contributed by atoms with van der Waals surface area (Å²) in [7, 11) is 0. The van der Waals surface area contributed by atoms with Crippen molar-refractivity contribution < 1.29 is 4.79 Å². The number of carbonyl (C=O) groups is 1. The Hall–Kier alpha value is -1.44. The van der Waals surface area contributed by atoms with E-state index in [4.69, 9.17) is 0 Å². The molecule has 50 valence electrons. The van der Waals surface area contributed by atoms with Crippen LogP contribution in [0.15, 0.2) is 25.0 Å². The van der Waals surface area contributed by atoms with E-state index in [-0.39, 0.29) is 0 Å². The van der Waals surface area contributed by atoms with Crippen LogP contribution >= 0.6 is 0 Å². The molecule has 2 nitrogen and oxygen atoms in total. The molecule has 0 unspecified atom stereocenters. The fourth-order valence-corrected chi connectivity index (χ4v) is 0.652. The van der Waals surface area contributed by atoms with E-state index in [0.29, 0.717) is 5.56 Å². The topological polar surface area (TPSA) is 30.0 Å². The standard InChI is InChI=1S/C8H7NO/c1-2-7-3-8(6-10)5-9-4-7/h2-6H,1H2. The predicted molar refractivity (Wildman–Crippen MR) is 39.7 cm³/mol. The Labute approximate surface area is 59.2 Å². The van der Waals surface area contributed by atoms with Gasteiger partial charge < -0.3 is 0 Å². The molecule has 0 bridgehead atoms. The summed E-state index contributed by atoms with van der Waals surface area (Å²) in [5.74, 6) is 0. The SMILES string of the molecule is C=Cc1cncc(C=O)c1. The van der Waals surface area contributed by atoms with E-state index < -0.39 is 0 Å². The van der Waals surface area contributed by atoms with E-state index >= 15 is 0 Å². The quantitative estimate of drug-likeness (QED) is 0.573. The van der Waals surface area contributed by atoms with Crippen molar-refractivity contribution >= 4 is 12.4 Å². The first-order valence-corrected chi connectivity index (χ1v) is 2.89. The van der Waals surface area contributed by atoms with Gasteiger partial charge in [0, 0.05) is 18.0 Å². The van der Waals surface area contributed by atoms with Crippen molar-refractivity contribution in [3.8, 4) is 0 Å². The van der Waals surface area contributed by atoms with Crippen LogP contribution in [-0.2, 0) is 0 Å². The van der Waals surface area contributed by atoms with Crippen molar-refractivity contribution in [2.45, 2.75) is 0 Å². The van der Waals surface area contributed by atoms with Gasteiger partial charge in [0.2, 0.25) is 0 Å². The van der Waals surface area contributed by atoms with Gasteiger partial charge in [-0.2, -0.15) is 0 Å². The Morgan fingerprint density at radius 2 is 2.10 bits per heavy atom. The molecule has 0 radical (unpaired) electrons. The first-order valence-electron chi connectivity index (χ1n) is 2.89. The van der Waals surface area contributed by atoms with Crippen LogP contribution in [0.25, 0.3) is 6.08 Å². The summed E-state index contributed by atoms with van der Waals surface area (Å²) in [4.78, 5) is 14.0. The third kappa shape index (κ3) is 1.29. The zero-order valence-electron chi connectivity index (χ0n) is 5.45. The first kappa shape index (κ1) is 6.68. The number of aromatic nitrogens is 1. The minimum atomic E-state index is 0.581. The number of rotatable bonds is 2. The van der Waals surface area contributed by atoms with Crippen LogP contribution in [0.2, 0.25) is 0 Å². The smallest absolute Gasteiger partial charge is 0.151 e. The van der Waals surface area contributed by atoms with Gasteiger partial charge in [-0.3, -0.25) is 9.78 Å². The second-order valence-corrected chi connectivity index (χ2v) is 1.87. The van der Waals surface area contributed by atoms with Gasteiger partial charge in [-0.25, -0.2) is 0 Å². The highest BCUT2D eigenvalue weighted by Gasteiger charge is 1.89. The van der Waals surface area contributed by atoms with Gasteiger partial charge in [-0.05, 0) is 11.6 Å². The second kappa shape index (κ2) is 2.92. The Balaban J connectivity index is 3.09. The van der Waals surface area contributed by atoms with Crippen molar-refractivity contribution in [2.75, 3.05) is 0 Å². The molecule has 0 aliphatic heterocycles. The average molecular weight is 133 g/mol. The average Bonchev–Trinajstić information content (AvgIpc) is 2.05. The molecule has 0 N–H and O–H groups in total. The summed E-state index contributed by atoms with van der Waals surface area (Å²) in [6, 6.07) is 1.73. The summed E-state index contributed by atoms with van der Waals surface area (Å²) < 4.78 is 0. The summed E-state index contributed by atoms with van der Waals surface area (Å²) in [5, 5.41) is 0. The van der Waals surface area contributed by atoms with Crippen molar-refractivity contribution in [1.29, 1.82) is 0 Å². The molecule has 1 heterocycles. The van der Waals surface area contributed by atoms with Crippen LogP contribution in [-0.4, -0.2) is 11.3 Å². The molecule has 0 saturated heterocycles. The number of hydrogen-bond donors (Lipinski definition) is 0. The van der Waals surface area contributed by atoms with Gasteiger partial charge in [0.05, 0.1) is 0 Å². The van der Waals surface area contributed by atoms with Crippen molar-refractivity contribution in [1.82, 2.24) is 4.98 Å². The van der Waals surface area contributed by atoms with E-state index in [9.17, 15) is 4.79 Å².